The lowest BCUT2D eigenvalue weighted by molar-refractivity contribution is 0.203. The van der Waals surface area contributed by atoms with Crippen molar-refractivity contribution >= 4 is 5.82 Å². The molecule has 0 saturated carbocycles. The van der Waals surface area contributed by atoms with Gasteiger partial charge < -0.3 is 9.64 Å². The molecule has 0 fully saturated rings. The molecule has 0 N–H and O–H groups in total. The van der Waals surface area contributed by atoms with Crippen LogP contribution in [0, 0.1) is 12.8 Å². The maximum absolute atomic E-state index is 5.23. The van der Waals surface area contributed by atoms with E-state index in [4.69, 9.17) is 4.74 Å². The normalized spacial score (nSPS) is 18.5. The Morgan fingerprint density at radius 2 is 2.32 bits per heavy atom. The number of aryl methyl sites for hydroxylation is 1. The van der Waals surface area contributed by atoms with Gasteiger partial charge in [-0.15, -0.1) is 0 Å². The van der Waals surface area contributed by atoms with Crippen molar-refractivity contribution in [3.63, 3.8) is 0 Å². The van der Waals surface area contributed by atoms with Crippen LogP contribution in [-0.4, -0.2) is 31.8 Å². The van der Waals surface area contributed by atoms with Crippen molar-refractivity contribution in [2.45, 2.75) is 26.2 Å². The Bertz CT molecular complexity index is 417. The number of allylic oxidation sites excluding steroid dienone is 2. The molecule has 104 valence electrons. The van der Waals surface area contributed by atoms with E-state index in [0.29, 0.717) is 0 Å². The van der Waals surface area contributed by atoms with Crippen LogP contribution in [0.1, 0.15) is 24.8 Å². The minimum absolute atomic E-state index is 0.740. The van der Waals surface area contributed by atoms with Crippen molar-refractivity contribution in [3.8, 4) is 0 Å². The summed E-state index contributed by atoms with van der Waals surface area (Å²) < 4.78 is 5.23. The van der Waals surface area contributed by atoms with Crippen LogP contribution in [0.4, 0.5) is 5.82 Å². The SMILES string of the molecule is COCCN(CC1CC=CCC1)c1cc(C)ccn1. The molecule has 1 aromatic rings. The molecule has 19 heavy (non-hydrogen) atoms. The zero-order valence-electron chi connectivity index (χ0n) is 12.0. The standard InChI is InChI=1S/C16H24N2O/c1-14-8-9-17-16(12-14)18(10-11-19-2)13-15-6-4-3-5-7-15/h3-4,8-9,12,15H,5-7,10-11,13H2,1-2H3. The second-order valence-corrected chi connectivity index (χ2v) is 5.28. The average molecular weight is 260 g/mol. The van der Waals surface area contributed by atoms with Crippen LogP contribution in [0.2, 0.25) is 0 Å². The molecule has 1 atom stereocenters. The third-order valence-electron chi connectivity index (χ3n) is 3.65. The van der Waals surface area contributed by atoms with E-state index in [0.717, 1.165) is 31.4 Å². The van der Waals surface area contributed by atoms with Gasteiger partial charge in [0, 0.05) is 26.4 Å². The zero-order chi connectivity index (χ0) is 13.5. The quantitative estimate of drug-likeness (QED) is 0.734. The molecule has 3 heteroatoms. The fraction of sp³-hybridized carbons (Fsp3) is 0.562. The van der Waals surface area contributed by atoms with Crippen molar-refractivity contribution in [2.24, 2.45) is 5.92 Å². The lowest BCUT2D eigenvalue weighted by Crippen LogP contribution is -2.33. The van der Waals surface area contributed by atoms with Crippen LogP contribution in [-0.2, 0) is 4.74 Å². The van der Waals surface area contributed by atoms with Crippen molar-refractivity contribution in [1.29, 1.82) is 0 Å². The first kappa shape index (κ1) is 14.1. The molecule has 1 unspecified atom stereocenters. The van der Waals surface area contributed by atoms with Gasteiger partial charge in [0.05, 0.1) is 6.61 Å². The van der Waals surface area contributed by atoms with Gasteiger partial charge in [0.2, 0.25) is 0 Å². The third kappa shape index (κ3) is 4.35. The minimum atomic E-state index is 0.740. The highest BCUT2D eigenvalue weighted by atomic mass is 16.5. The number of hydrogen-bond donors (Lipinski definition) is 0. The van der Waals surface area contributed by atoms with E-state index in [-0.39, 0.29) is 0 Å². The first-order chi connectivity index (χ1) is 9.29. The Morgan fingerprint density at radius 3 is 3.00 bits per heavy atom. The molecule has 0 amide bonds. The topological polar surface area (TPSA) is 25.4 Å². The molecule has 1 aromatic heterocycles. The van der Waals surface area contributed by atoms with Gasteiger partial charge in [-0.05, 0) is 49.8 Å². The van der Waals surface area contributed by atoms with Gasteiger partial charge in [-0.1, -0.05) is 12.2 Å². The number of hydrogen-bond acceptors (Lipinski definition) is 3. The van der Waals surface area contributed by atoms with Crippen molar-refractivity contribution < 1.29 is 4.74 Å². The molecule has 0 aliphatic heterocycles. The summed E-state index contributed by atoms with van der Waals surface area (Å²) in [4.78, 5) is 6.87. The second kappa shape index (κ2) is 7.29. The largest absolute Gasteiger partial charge is 0.383 e. The molecular weight excluding hydrogens is 236 g/mol. The Hall–Kier alpha value is -1.35. The number of nitrogens with zero attached hydrogens (tertiary/aromatic N) is 2. The zero-order valence-corrected chi connectivity index (χ0v) is 12.0. The number of pyridine rings is 1. The number of ether oxygens (including phenoxy) is 1. The molecule has 3 nitrogen and oxygen atoms in total. The van der Waals surface area contributed by atoms with Crippen LogP contribution in [0.25, 0.3) is 0 Å². The average Bonchev–Trinajstić information content (AvgIpc) is 2.44. The number of anilines is 1. The van der Waals surface area contributed by atoms with E-state index in [1.807, 2.05) is 12.3 Å². The lowest BCUT2D eigenvalue weighted by Gasteiger charge is -2.29. The van der Waals surface area contributed by atoms with Crippen molar-refractivity contribution in [2.75, 3.05) is 31.7 Å². The van der Waals surface area contributed by atoms with Gasteiger partial charge in [0.15, 0.2) is 0 Å². The maximum Gasteiger partial charge on any atom is 0.128 e. The molecule has 1 heterocycles. The van der Waals surface area contributed by atoms with Gasteiger partial charge in [-0.25, -0.2) is 4.98 Å². The summed E-state index contributed by atoms with van der Waals surface area (Å²) in [6.07, 6.45) is 10.2. The summed E-state index contributed by atoms with van der Waals surface area (Å²) in [6.45, 7) is 4.85. The third-order valence-corrected chi connectivity index (χ3v) is 3.65. The molecule has 0 spiro atoms. The van der Waals surface area contributed by atoms with Gasteiger partial charge in [-0.3, -0.25) is 0 Å². The van der Waals surface area contributed by atoms with Crippen LogP contribution in [0.3, 0.4) is 0 Å². The molecular formula is C16H24N2O. The molecule has 1 aliphatic carbocycles. The molecule has 1 aliphatic rings. The van der Waals surface area contributed by atoms with E-state index in [2.05, 4.69) is 35.0 Å². The fourth-order valence-electron chi connectivity index (χ4n) is 2.53. The molecule has 0 radical (unpaired) electrons. The van der Waals surface area contributed by atoms with Gasteiger partial charge in [0.1, 0.15) is 5.82 Å². The highest BCUT2D eigenvalue weighted by Crippen LogP contribution is 2.22. The molecule has 0 aromatic carbocycles. The summed E-state index contributed by atoms with van der Waals surface area (Å²) in [5, 5.41) is 0. The predicted molar refractivity (Wildman–Crippen MR) is 79.5 cm³/mol. The first-order valence-corrected chi connectivity index (χ1v) is 7.11. The Kier molecular flexibility index (Phi) is 5.40. The van der Waals surface area contributed by atoms with Gasteiger partial charge in [0.25, 0.3) is 0 Å². The summed E-state index contributed by atoms with van der Waals surface area (Å²) in [5.41, 5.74) is 1.26. The first-order valence-electron chi connectivity index (χ1n) is 7.11. The van der Waals surface area contributed by atoms with E-state index >= 15 is 0 Å². The van der Waals surface area contributed by atoms with Crippen LogP contribution < -0.4 is 4.90 Å². The molecule has 0 saturated heterocycles. The second-order valence-electron chi connectivity index (χ2n) is 5.28. The minimum Gasteiger partial charge on any atom is -0.383 e. The summed E-state index contributed by atoms with van der Waals surface area (Å²) in [6, 6.07) is 4.20. The Balaban J connectivity index is 2.04. The Labute approximate surface area is 116 Å². The molecule has 2 rings (SSSR count). The fourth-order valence-corrected chi connectivity index (χ4v) is 2.53. The number of rotatable bonds is 6. The van der Waals surface area contributed by atoms with Crippen molar-refractivity contribution in [3.05, 3.63) is 36.0 Å². The monoisotopic (exact) mass is 260 g/mol. The van der Waals surface area contributed by atoms with Gasteiger partial charge in [-0.2, -0.15) is 0 Å². The highest BCUT2D eigenvalue weighted by Gasteiger charge is 2.16. The predicted octanol–water partition coefficient (Wildman–Crippen LogP) is 3.20. The highest BCUT2D eigenvalue weighted by molar-refractivity contribution is 5.40. The van der Waals surface area contributed by atoms with Crippen LogP contribution in [0.15, 0.2) is 30.5 Å². The maximum atomic E-state index is 5.23. The van der Waals surface area contributed by atoms with Gasteiger partial charge >= 0.3 is 0 Å². The van der Waals surface area contributed by atoms with Crippen LogP contribution in [0.5, 0.6) is 0 Å². The smallest absolute Gasteiger partial charge is 0.128 e. The van der Waals surface area contributed by atoms with E-state index in [1.165, 1.54) is 24.8 Å². The molecule has 0 bridgehead atoms. The Morgan fingerprint density at radius 1 is 1.42 bits per heavy atom. The van der Waals surface area contributed by atoms with Crippen molar-refractivity contribution in [1.82, 2.24) is 4.98 Å². The van der Waals surface area contributed by atoms with E-state index < -0.39 is 0 Å². The summed E-state index contributed by atoms with van der Waals surface area (Å²) >= 11 is 0. The van der Waals surface area contributed by atoms with E-state index in [9.17, 15) is 0 Å². The van der Waals surface area contributed by atoms with Crippen LogP contribution >= 0.6 is 0 Å². The number of methoxy groups -OCH3 is 1. The number of aromatic nitrogens is 1. The van der Waals surface area contributed by atoms with E-state index in [1.54, 1.807) is 7.11 Å². The lowest BCUT2D eigenvalue weighted by atomic mass is 9.94. The summed E-state index contributed by atoms with van der Waals surface area (Å²) in [7, 11) is 1.76. The summed E-state index contributed by atoms with van der Waals surface area (Å²) in [5.74, 6) is 1.82.